The van der Waals surface area contributed by atoms with Crippen molar-refractivity contribution in [2.45, 2.75) is 31.7 Å². The van der Waals surface area contributed by atoms with Crippen LogP contribution in [0, 0.1) is 0 Å². The minimum atomic E-state index is -2.81. The fourth-order valence-electron chi connectivity index (χ4n) is 4.21. The SMILES string of the molecule is Cl.Cl.O=C(c1ccccc1)N1CC(CNCc2ccc(OC(F)F)cc2)N2CCC1C2. The van der Waals surface area contributed by atoms with Crippen LogP contribution in [0.25, 0.3) is 0 Å². The molecule has 170 valence electrons. The van der Waals surface area contributed by atoms with Gasteiger partial charge in [0, 0.05) is 50.4 Å². The van der Waals surface area contributed by atoms with Gasteiger partial charge in [-0.05, 0) is 36.2 Å². The summed E-state index contributed by atoms with van der Waals surface area (Å²) in [7, 11) is 0. The van der Waals surface area contributed by atoms with E-state index in [0.29, 0.717) is 19.1 Å². The Labute approximate surface area is 193 Å². The Kier molecular flexibility index (Phi) is 9.50. The maximum Gasteiger partial charge on any atom is 0.387 e. The summed E-state index contributed by atoms with van der Waals surface area (Å²) in [4.78, 5) is 17.4. The average molecular weight is 474 g/mol. The van der Waals surface area contributed by atoms with E-state index in [1.807, 2.05) is 35.2 Å². The van der Waals surface area contributed by atoms with Gasteiger partial charge in [0.15, 0.2) is 0 Å². The van der Waals surface area contributed by atoms with Crippen molar-refractivity contribution in [1.29, 1.82) is 0 Å². The second-order valence-electron chi connectivity index (χ2n) is 7.57. The minimum absolute atomic E-state index is 0. The van der Waals surface area contributed by atoms with E-state index >= 15 is 0 Å². The van der Waals surface area contributed by atoms with Crippen molar-refractivity contribution < 1.29 is 18.3 Å². The van der Waals surface area contributed by atoms with Gasteiger partial charge in [-0.25, -0.2) is 0 Å². The molecule has 3 unspecified atom stereocenters. The lowest BCUT2D eigenvalue weighted by Gasteiger charge is -2.40. The van der Waals surface area contributed by atoms with Gasteiger partial charge in [0.05, 0.1) is 0 Å². The van der Waals surface area contributed by atoms with Crippen molar-refractivity contribution >= 4 is 30.7 Å². The third-order valence-electron chi connectivity index (χ3n) is 5.70. The van der Waals surface area contributed by atoms with Crippen molar-refractivity contribution in [3.63, 3.8) is 0 Å². The fraction of sp³-hybridized carbons (Fsp3) is 0.409. The highest BCUT2D eigenvalue weighted by atomic mass is 35.5. The van der Waals surface area contributed by atoms with E-state index in [0.717, 1.165) is 37.2 Å². The van der Waals surface area contributed by atoms with Crippen LogP contribution >= 0.6 is 24.8 Å². The van der Waals surface area contributed by atoms with Gasteiger partial charge in [0.25, 0.3) is 5.91 Å². The Morgan fingerprint density at radius 1 is 1.06 bits per heavy atom. The quantitative estimate of drug-likeness (QED) is 0.663. The molecule has 0 aliphatic carbocycles. The van der Waals surface area contributed by atoms with Crippen molar-refractivity contribution in [3.8, 4) is 5.75 Å². The van der Waals surface area contributed by atoms with Crippen molar-refractivity contribution in [2.75, 3.05) is 26.2 Å². The normalized spacial score (nSPS) is 21.9. The molecule has 9 heteroatoms. The van der Waals surface area contributed by atoms with Crippen LogP contribution in [0.5, 0.6) is 5.75 Å². The summed E-state index contributed by atoms with van der Waals surface area (Å²) in [5.74, 6) is 0.269. The Bertz CT molecular complexity index is 827. The molecule has 2 aliphatic rings. The Morgan fingerprint density at radius 3 is 2.45 bits per heavy atom. The maximum atomic E-state index is 13.0. The largest absolute Gasteiger partial charge is 0.435 e. The maximum absolute atomic E-state index is 13.0. The van der Waals surface area contributed by atoms with E-state index in [-0.39, 0.29) is 42.5 Å². The van der Waals surface area contributed by atoms with Gasteiger partial charge in [0.1, 0.15) is 5.75 Å². The Balaban J connectivity index is 0.00000171. The van der Waals surface area contributed by atoms with Crippen LogP contribution in [0.15, 0.2) is 54.6 Å². The molecule has 0 saturated carbocycles. The molecule has 2 aromatic rings. The predicted molar refractivity (Wildman–Crippen MR) is 121 cm³/mol. The molecule has 2 aromatic carbocycles. The van der Waals surface area contributed by atoms with E-state index in [4.69, 9.17) is 0 Å². The molecule has 31 heavy (non-hydrogen) atoms. The van der Waals surface area contributed by atoms with Gasteiger partial charge < -0.3 is 15.0 Å². The van der Waals surface area contributed by atoms with Crippen LogP contribution < -0.4 is 10.1 Å². The summed E-state index contributed by atoms with van der Waals surface area (Å²) in [6.07, 6.45) is 1.01. The smallest absolute Gasteiger partial charge is 0.387 e. The van der Waals surface area contributed by atoms with E-state index < -0.39 is 6.61 Å². The first-order chi connectivity index (χ1) is 14.1. The lowest BCUT2D eigenvalue weighted by Crippen LogP contribution is -2.57. The second-order valence-corrected chi connectivity index (χ2v) is 7.57. The molecule has 2 fully saturated rings. The van der Waals surface area contributed by atoms with Crippen LogP contribution in [0.2, 0.25) is 0 Å². The van der Waals surface area contributed by atoms with Crippen LogP contribution in [0.4, 0.5) is 8.78 Å². The number of amides is 1. The van der Waals surface area contributed by atoms with E-state index in [2.05, 4.69) is 15.0 Å². The monoisotopic (exact) mass is 473 g/mol. The summed E-state index contributed by atoms with van der Waals surface area (Å²) in [5.41, 5.74) is 1.74. The highest BCUT2D eigenvalue weighted by Gasteiger charge is 2.40. The molecule has 0 radical (unpaired) electrons. The van der Waals surface area contributed by atoms with Gasteiger partial charge in [0.2, 0.25) is 0 Å². The number of carbonyl (C=O) groups excluding carboxylic acids is 1. The second kappa shape index (κ2) is 11.6. The highest BCUT2D eigenvalue weighted by Crippen LogP contribution is 2.26. The zero-order chi connectivity index (χ0) is 20.2. The molecule has 2 aliphatic heterocycles. The number of nitrogens with zero attached hydrogens (tertiary/aromatic N) is 2. The van der Waals surface area contributed by atoms with E-state index in [1.54, 1.807) is 24.3 Å². The van der Waals surface area contributed by atoms with Gasteiger partial charge in [-0.3, -0.25) is 9.69 Å². The Hall–Kier alpha value is -1.93. The zero-order valence-electron chi connectivity index (χ0n) is 17.0. The minimum Gasteiger partial charge on any atom is -0.435 e. The highest BCUT2D eigenvalue weighted by molar-refractivity contribution is 5.94. The lowest BCUT2D eigenvalue weighted by molar-refractivity contribution is -0.0498. The van der Waals surface area contributed by atoms with E-state index in [9.17, 15) is 13.6 Å². The topological polar surface area (TPSA) is 44.8 Å². The number of rotatable bonds is 7. The fourth-order valence-corrected chi connectivity index (χ4v) is 4.21. The van der Waals surface area contributed by atoms with Gasteiger partial charge in [-0.1, -0.05) is 30.3 Å². The summed E-state index contributed by atoms with van der Waals surface area (Å²) < 4.78 is 28.8. The van der Waals surface area contributed by atoms with Crippen LogP contribution in [-0.4, -0.2) is 60.6 Å². The molecule has 4 rings (SSSR count). The van der Waals surface area contributed by atoms with Crippen molar-refractivity contribution in [1.82, 2.24) is 15.1 Å². The van der Waals surface area contributed by atoms with Crippen molar-refractivity contribution in [3.05, 3.63) is 65.7 Å². The van der Waals surface area contributed by atoms with Gasteiger partial charge in [-0.15, -0.1) is 24.8 Å². The van der Waals surface area contributed by atoms with Crippen LogP contribution in [0.3, 0.4) is 0 Å². The number of piperazine rings is 1. The van der Waals surface area contributed by atoms with E-state index in [1.165, 1.54) is 0 Å². The zero-order valence-corrected chi connectivity index (χ0v) is 18.6. The number of fused-ring (bicyclic) bond motifs is 2. The number of halogens is 4. The number of hydrogen-bond acceptors (Lipinski definition) is 4. The first-order valence-electron chi connectivity index (χ1n) is 9.94. The molecule has 2 saturated heterocycles. The number of alkyl halides is 2. The molecule has 0 spiro atoms. The number of ether oxygens (including phenoxy) is 1. The first kappa shape index (κ1) is 25.3. The predicted octanol–water partition coefficient (Wildman–Crippen LogP) is 3.82. The van der Waals surface area contributed by atoms with Gasteiger partial charge >= 0.3 is 6.61 Å². The summed E-state index contributed by atoms with van der Waals surface area (Å²) in [6.45, 7) is 1.23. The van der Waals surface area contributed by atoms with Gasteiger partial charge in [-0.2, -0.15) is 8.78 Å². The summed E-state index contributed by atoms with van der Waals surface area (Å²) >= 11 is 0. The molecular weight excluding hydrogens is 447 g/mol. The molecule has 3 atom stereocenters. The molecule has 1 amide bonds. The number of hydrogen-bond donors (Lipinski definition) is 1. The van der Waals surface area contributed by atoms with Crippen LogP contribution in [-0.2, 0) is 6.54 Å². The van der Waals surface area contributed by atoms with Crippen molar-refractivity contribution in [2.24, 2.45) is 0 Å². The average Bonchev–Trinajstić information content (AvgIpc) is 3.15. The molecule has 0 aromatic heterocycles. The number of nitrogens with one attached hydrogen (secondary N) is 1. The third kappa shape index (κ3) is 6.29. The van der Waals surface area contributed by atoms with Crippen LogP contribution in [0.1, 0.15) is 22.3 Å². The molecular formula is C22H27Cl2F2N3O2. The first-order valence-corrected chi connectivity index (χ1v) is 9.94. The molecule has 2 heterocycles. The molecule has 5 nitrogen and oxygen atoms in total. The summed E-state index contributed by atoms with van der Waals surface area (Å²) in [5, 5.41) is 3.45. The molecule has 1 N–H and O–H groups in total. The standard InChI is InChI=1S/C22H25F2N3O2.2ClH/c23-22(24)29-20-8-6-16(7-9-20)12-25-13-19-15-27(18-10-11-26(19)14-18)21(28)17-4-2-1-3-5-17;;/h1-9,18-19,22,25H,10-15H2;2*1H. The number of benzene rings is 2. The lowest BCUT2D eigenvalue weighted by atomic mass is 10.1. The summed E-state index contributed by atoms with van der Waals surface area (Å²) in [6, 6.07) is 16.7. The Morgan fingerprint density at radius 2 is 1.77 bits per heavy atom. The molecule has 2 bridgehead atoms. The third-order valence-corrected chi connectivity index (χ3v) is 5.70. The number of carbonyl (C=O) groups is 1.